The molecule has 0 spiro atoms. The molecule has 0 aromatic carbocycles. The number of alkyl halides is 3. The lowest BCUT2D eigenvalue weighted by Gasteiger charge is -2.07. The number of hydrogen-bond donors (Lipinski definition) is 0. The topological polar surface area (TPSA) is 26.3 Å². The lowest BCUT2D eigenvalue weighted by molar-refractivity contribution is -0.199. The molecule has 0 radical (unpaired) electrons. The Hall–Kier alpha value is 0.347. The van der Waals surface area contributed by atoms with Gasteiger partial charge in [-0.05, 0) is 12.5 Å². The molecule has 0 aromatic heterocycles. The van der Waals surface area contributed by atoms with Crippen molar-refractivity contribution in [1.29, 1.82) is 0 Å². The van der Waals surface area contributed by atoms with E-state index < -0.39 is 18.1 Å². The highest BCUT2D eigenvalue weighted by Gasteiger charge is 2.40. The third kappa shape index (κ3) is 19.1. The number of esters is 1. The van der Waals surface area contributed by atoms with Crippen LogP contribution in [-0.4, -0.2) is 24.8 Å². The Balaban J connectivity index is 3.17. The van der Waals surface area contributed by atoms with Crippen molar-refractivity contribution in [1.82, 2.24) is 0 Å². The molecule has 2 nitrogen and oxygen atoms in total. The molecule has 0 amide bonds. The summed E-state index contributed by atoms with van der Waals surface area (Å²) in [6, 6.07) is -1.67. The van der Waals surface area contributed by atoms with Crippen LogP contribution in [0, 0.1) is 0 Å². The highest BCUT2D eigenvalue weighted by Crippen LogP contribution is 2.27. The molecule has 0 aliphatic carbocycles. The first-order chi connectivity index (χ1) is 12.1. The Morgan fingerprint density at radius 1 is 0.692 bits per heavy atom. The fourth-order valence-corrected chi connectivity index (χ4v) is 4.47. The van der Waals surface area contributed by atoms with Crippen LogP contribution in [0.15, 0.2) is 0 Å². The summed E-state index contributed by atoms with van der Waals surface area (Å²) < 4.78 is 39.8. The second-order valence-electron chi connectivity index (χ2n) is 6.60. The average Bonchev–Trinajstić information content (AvgIpc) is 2.52. The standard InChI is InChI=1S/C17H30Cl3F3O2Si/c18-26(19,20)15-13-11-9-7-5-3-1-2-4-6-8-10-12-14-25-16(24)17(21,22)23/h1-15H2. The third-order valence-electron chi connectivity index (χ3n) is 4.07. The summed E-state index contributed by atoms with van der Waals surface area (Å²) in [6.07, 6.45) is 9.09. The van der Waals surface area contributed by atoms with E-state index in [-0.39, 0.29) is 6.61 Å². The molecule has 0 fully saturated rings. The maximum Gasteiger partial charge on any atom is 0.490 e. The van der Waals surface area contributed by atoms with Crippen molar-refractivity contribution >= 4 is 45.2 Å². The molecule has 0 bridgehead atoms. The quantitative estimate of drug-likeness (QED) is 0.102. The monoisotopic (exact) mass is 456 g/mol. The van der Waals surface area contributed by atoms with Crippen molar-refractivity contribution in [3.63, 3.8) is 0 Å². The van der Waals surface area contributed by atoms with Crippen LogP contribution in [0.5, 0.6) is 0 Å². The zero-order valence-corrected chi connectivity index (χ0v) is 18.5. The molecule has 0 saturated heterocycles. The van der Waals surface area contributed by atoms with Crippen LogP contribution >= 0.6 is 33.2 Å². The van der Waals surface area contributed by atoms with Crippen LogP contribution in [0.25, 0.3) is 0 Å². The van der Waals surface area contributed by atoms with E-state index in [0.717, 1.165) is 44.6 Å². The van der Waals surface area contributed by atoms with E-state index >= 15 is 0 Å². The van der Waals surface area contributed by atoms with Gasteiger partial charge in [-0.15, -0.1) is 33.2 Å². The summed E-state index contributed by atoms with van der Waals surface area (Å²) in [5.41, 5.74) is 0. The summed E-state index contributed by atoms with van der Waals surface area (Å²) in [5, 5.41) is 0. The Morgan fingerprint density at radius 3 is 1.38 bits per heavy atom. The summed E-state index contributed by atoms with van der Waals surface area (Å²) in [6.45, 7) is -0.151. The molecule has 0 unspecified atom stereocenters. The van der Waals surface area contributed by atoms with Gasteiger partial charge in [0.2, 0.25) is 0 Å². The number of unbranched alkanes of at least 4 members (excludes halogenated alkanes) is 12. The molecule has 0 aliphatic rings. The van der Waals surface area contributed by atoms with Gasteiger partial charge in [-0.1, -0.05) is 77.0 Å². The number of hydrogen-bond acceptors (Lipinski definition) is 2. The Kier molecular flexibility index (Phi) is 15.5. The van der Waals surface area contributed by atoms with Gasteiger partial charge in [0.05, 0.1) is 6.61 Å². The van der Waals surface area contributed by atoms with Gasteiger partial charge in [0.25, 0.3) is 0 Å². The van der Waals surface area contributed by atoms with Gasteiger partial charge in [-0.3, -0.25) is 0 Å². The summed E-state index contributed by atoms with van der Waals surface area (Å²) in [4.78, 5) is 10.5. The van der Waals surface area contributed by atoms with Crippen LogP contribution in [0.1, 0.15) is 83.5 Å². The van der Waals surface area contributed by atoms with Gasteiger partial charge < -0.3 is 4.74 Å². The lowest BCUT2D eigenvalue weighted by Crippen LogP contribution is -2.25. The van der Waals surface area contributed by atoms with Gasteiger partial charge in [0.1, 0.15) is 0 Å². The fraction of sp³-hybridized carbons (Fsp3) is 0.941. The smallest absolute Gasteiger partial charge is 0.459 e. The minimum atomic E-state index is -4.88. The molecule has 0 saturated carbocycles. The summed E-state index contributed by atoms with van der Waals surface area (Å²) in [7, 11) is 0. The molecule has 0 N–H and O–H groups in total. The predicted octanol–water partition coefficient (Wildman–Crippen LogP) is 7.82. The Labute approximate surface area is 170 Å². The van der Waals surface area contributed by atoms with Crippen molar-refractivity contribution < 1.29 is 22.7 Å². The molecule has 26 heavy (non-hydrogen) atoms. The van der Waals surface area contributed by atoms with Gasteiger partial charge >= 0.3 is 18.1 Å². The third-order valence-corrected chi connectivity index (χ3v) is 6.69. The molecule has 9 heteroatoms. The van der Waals surface area contributed by atoms with E-state index in [1.54, 1.807) is 0 Å². The van der Waals surface area contributed by atoms with Crippen molar-refractivity contribution in [3.05, 3.63) is 0 Å². The number of ether oxygens (including phenoxy) is 1. The summed E-state index contributed by atoms with van der Waals surface area (Å²) in [5.74, 6) is -2.09. The first-order valence-electron chi connectivity index (χ1n) is 9.43. The van der Waals surface area contributed by atoms with Gasteiger partial charge in [0.15, 0.2) is 0 Å². The molecule has 0 aliphatic heterocycles. The molecular weight excluding hydrogens is 428 g/mol. The maximum absolute atomic E-state index is 11.9. The molecule has 0 aromatic rings. The SMILES string of the molecule is O=C(OCCCCCCCCCCCCCCC[Si](Cl)(Cl)Cl)C(F)(F)F. The summed E-state index contributed by atoms with van der Waals surface area (Å²) >= 11 is 17.5. The number of carbonyl (C=O) groups is 1. The van der Waals surface area contributed by atoms with Crippen LogP contribution < -0.4 is 0 Å². The van der Waals surface area contributed by atoms with E-state index in [0.29, 0.717) is 6.42 Å². The van der Waals surface area contributed by atoms with Crippen LogP contribution in [0.3, 0.4) is 0 Å². The number of rotatable bonds is 16. The molecule has 0 rings (SSSR count). The van der Waals surface area contributed by atoms with E-state index in [9.17, 15) is 18.0 Å². The zero-order valence-electron chi connectivity index (χ0n) is 15.2. The normalized spacial score (nSPS) is 12.4. The molecule has 0 heterocycles. The number of carbonyl (C=O) groups excluding carboxylic acids is 1. The highest BCUT2D eigenvalue weighted by molar-refractivity contribution is 7.64. The van der Waals surface area contributed by atoms with Crippen LogP contribution in [0.4, 0.5) is 13.2 Å². The largest absolute Gasteiger partial charge is 0.490 e. The second kappa shape index (κ2) is 15.3. The number of halogens is 6. The van der Waals surface area contributed by atoms with Crippen molar-refractivity contribution in [2.45, 2.75) is 95.7 Å². The predicted molar refractivity (Wildman–Crippen MR) is 105 cm³/mol. The zero-order chi connectivity index (χ0) is 19.9. The maximum atomic E-state index is 11.9. The van der Waals surface area contributed by atoms with Crippen molar-refractivity contribution in [3.8, 4) is 0 Å². The van der Waals surface area contributed by atoms with Crippen molar-refractivity contribution in [2.24, 2.45) is 0 Å². The van der Waals surface area contributed by atoms with E-state index in [2.05, 4.69) is 4.74 Å². The van der Waals surface area contributed by atoms with E-state index in [1.807, 2.05) is 0 Å². The van der Waals surface area contributed by atoms with Gasteiger partial charge in [-0.25, -0.2) is 4.79 Å². The molecular formula is C17H30Cl3F3O2Si. The Morgan fingerprint density at radius 2 is 1.04 bits per heavy atom. The van der Waals surface area contributed by atoms with Crippen molar-refractivity contribution in [2.75, 3.05) is 6.61 Å². The van der Waals surface area contributed by atoms with Crippen LogP contribution in [0.2, 0.25) is 6.04 Å². The average molecular weight is 458 g/mol. The minimum Gasteiger partial charge on any atom is -0.459 e. The van der Waals surface area contributed by atoms with E-state index in [1.165, 1.54) is 38.5 Å². The highest BCUT2D eigenvalue weighted by atomic mass is 35.8. The first kappa shape index (κ1) is 26.3. The molecule has 0 atom stereocenters. The molecule has 156 valence electrons. The van der Waals surface area contributed by atoms with E-state index in [4.69, 9.17) is 33.2 Å². The van der Waals surface area contributed by atoms with Gasteiger partial charge in [-0.2, -0.15) is 13.2 Å². The fourth-order valence-electron chi connectivity index (χ4n) is 2.62. The first-order valence-corrected chi connectivity index (χ1v) is 14.7. The lowest BCUT2D eigenvalue weighted by atomic mass is 10.0. The Bertz CT molecular complexity index is 364. The minimum absolute atomic E-state index is 0.151. The van der Waals surface area contributed by atoms with Crippen LogP contribution in [-0.2, 0) is 9.53 Å². The van der Waals surface area contributed by atoms with Gasteiger partial charge in [0, 0.05) is 0 Å². The second-order valence-corrected chi connectivity index (χ2v) is 15.9.